The van der Waals surface area contributed by atoms with Crippen molar-refractivity contribution in [2.45, 2.75) is 6.04 Å². The number of hydrogen-bond donors (Lipinski definition) is 1. The van der Waals surface area contributed by atoms with Gasteiger partial charge >= 0.3 is 0 Å². The Balaban J connectivity index is 0.00000113. The molecule has 1 fully saturated rings. The lowest BCUT2D eigenvalue weighted by Crippen LogP contribution is -2.44. The maximum absolute atomic E-state index is 4.14. The average Bonchev–Trinajstić information content (AvgIpc) is 2.63. The van der Waals surface area contributed by atoms with Gasteiger partial charge in [0.1, 0.15) is 0 Å². The predicted octanol–water partition coefficient (Wildman–Crippen LogP) is 4.97. The van der Waals surface area contributed by atoms with Gasteiger partial charge in [-0.1, -0.05) is 54.6 Å². The van der Waals surface area contributed by atoms with Crippen LogP contribution in [0.4, 0.5) is 0 Å². The summed E-state index contributed by atoms with van der Waals surface area (Å²) in [6.07, 6.45) is 2.10. The minimum atomic E-state index is 0. The predicted molar refractivity (Wildman–Crippen MR) is 113 cm³/mol. The Labute approximate surface area is 161 Å². The van der Waals surface area contributed by atoms with Crippen molar-refractivity contribution in [2.24, 2.45) is 0 Å². The molecule has 4 heteroatoms. The molecule has 0 aromatic heterocycles. The van der Waals surface area contributed by atoms with Crippen LogP contribution in [-0.4, -0.2) is 31.1 Å². The third kappa shape index (κ3) is 3.68. The number of hydrogen-bond acceptors (Lipinski definition) is 2. The molecular weight excluding hydrogens is 351 g/mol. The highest BCUT2D eigenvalue weighted by molar-refractivity contribution is 6.09. The monoisotopic (exact) mass is 374 g/mol. The molecule has 4 rings (SSSR count). The summed E-state index contributed by atoms with van der Waals surface area (Å²) in [5.74, 6) is 0. The van der Waals surface area contributed by atoms with Gasteiger partial charge < -0.3 is 5.32 Å². The van der Waals surface area contributed by atoms with Crippen molar-refractivity contribution in [1.82, 2.24) is 10.2 Å². The first kappa shape index (κ1) is 19.7. The maximum Gasteiger partial charge on any atom is 0.0536 e. The summed E-state index contributed by atoms with van der Waals surface area (Å²) in [6, 6.07) is 20.0. The zero-order valence-corrected chi connectivity index (χ0v) is 15.8. The van der Waals surface area contributed by atoms with Crippen molar-refractivity contribution in [1.29, 1.82) is 0 Å². The zero-order chi connectivity index (χ0) is 15.6. The van der Waals surface area contributed by atoms with Crippen LogP contribution in [0.1, 0.15) is 11.6 Å². The smallest absolute Gasteiger partial charge is 0.0536 e. The minimum Gasteiger partial charge on any atom is -0.314 e. The van der Waals surface area contributed by atoms with Gasteiger partial charge in [-0.05, 0) is 33.2 Å². The van der Waals surface area contributed by atoms with Gasteiger partial charge in [0.25, 0.3) is 0 Å². The minimum absolute atomic E-state index is 0. The molecule has 0 aliphatic carbocycles. The molecule has 0 amide bonds. The van der Waals surface area contributed by atoms with Gasteiger partial charge in [-0.15, -0.1) is 31.4 Å². The number of piperazine rings is 1. The molecule has 3 aromatic rings. The SMILES string of the molecule is C=C[C@@H](c1cc2ccccc2c2ccccc12)N1CCNCC1.Cl.Cl. The highest BCUT2D eigenvalue weighted by Gasteiger charge is 2.21. The molecule has 3 aromatic carbocycles. The topological polar surface area (TPSA) is 15.3 Å². The zero-order valence-electron chi connectivity index (χ0n) is 14.2. The van der Waals surface area contributed by atoms with Crippen LogP contribution in [0.25, 0.3) is 21.5 Å². The molecular formula is C21H24Cl2N2. The van der Waals surface area contributed by atoms with E-state index in [-0.39, 0.29) is 30.9 Å². The van der Waals surface area contributed by atoms with E-state index in [1.54, 1.807) is 0 Å². The average molecular weight is 375 g/mol. The van der Waals surface area contributed by atoms with Gasteiger partial charge in [0.2, 0.25) is 0 Å². The Morgan fingerprint density at radius 2 is 1.48 bits per heavy atom. The van der Waals surface area contributed by atoms with Crippen LogP contribution in [0.3, 0.4) is 0 Å². The maximum atomic E-state index is 4.14. The Bertz CT molecular complexity index is 857. The van der Waals surface area contributed by atoms with E-state index in [0.717, 1.165) is 26.2 Å². The molecule has 1 atom stereocenters. The standard InChI is InChI=1S/C21H22N2.2ClH/c1-2-21(23-13-11-22-12-14-23)20-15-16-7-3-4-8-17(16)18-9-5-6-10-19(18)20;;/h2-10,15,21-22H,1,11-14H2;2*1H/t21-;;/m0../s1. The highest BCUT2D eigenvalue weighted by Crippen LogP contribution is 2.34. The quantitative estimate of drug-likeness (QED) is 0.514. The summed E-state index contributed by atoms with van der Waals surface area (Å²) in [7, 11) is 0. The fraction of sp³-hybridized carbons (Fsp3) is 0.238. The number of fused-ring (bicyclic) bond motifs is 3. The largest absolute Gasteiger partial charge is 0.314 e. The molecule has 0 unspecified atom stereocenters. The molecule has 1 heterocycles. The molecule has 0 saturated carbocycles. The van der Waals surface area contributed by atoms with Gasteiger partial charge in [-0.3, -0.25) is 4.90 Å². The molecule has 1 N–H and O–H groups in total. The highest BCUT2D eigenvalue weighted by atomic mass is 35.5. The lowest BCUT2D eigenvalue weighted by molar-refractivity contribution is 0.204. The summed E-state index contributed by atoms with van der Waals surface area (Å²) in [5.41, 5.74) is 1.37. The Morgan fingerprint density at radius 3 is 2.16 bits per heavy atom. The second-order valence-electron chi connectivity index (χ2n) is 6.20. The van der Waals surface area contributed by atoms with Crippen LogP contribution in [0.5, 0.6) is 0 Å². The molecule has 1 saturated heterocycles. The van der Waals surface area contributed by atoms with Gasteiger partial charge in [0.05, 0.1) is 6.04 Å². The molecule has 1 aliphatic rings. The van der Waals surface area contributed by atoms with E-state index >= 15 is 0 Å². The number of nitrogens with zero attached hydrogens (tertiary/aromatic N) is 1. The van der Waals surface area contributed by atoms with Crippen molar-refractivity contribution < 1.29 is 0 Å². The van der Waals surface area contributed by atoms with Crippen molar-refractivity contribution in [3.63, 3.8) is 0 Å². The second kappa shape index (κ2) is 8.68. The van der Waals surface area contributed by atoms with Gasteiger partial charge in [0.15, 0.2) is 0 Å². The first-order valence-corrected chi connectivity index (χ1v) is 8.36. The van der Waals surface area contributed by atoms with E-state index in [1.165, 1.54) is 27.1 Å². The number of nitrogens with one attached hydrogen (secondary N) is 1. The van der Waals surface area contributed by atoms with E-state index in [0.29, 0.717) is 0 Å². The van der Waals surface area contributed by atoms with Crippen molar-refractivity contribution >= 4 is 46.4 Å². The van der Waals surface area contributed by atoms with Crippen LogP contribution in [0, 0.1) is 0 Å². The fourth-order valence-corrected chi connectivity index (χ4v) is 3.76. The third-order valence-electron chi connectivity index (χ3n) is 4.89. The Kier molecular flexibility index (Phi) is 6.86. The van der Waals surface area contributed by atoms with E-state index in [4.69, 9.17) is 0 Å². The number of rotatable bonds is 3. The van der Waals surface area contributed by atoms with E-state index in [9.17, 15) is 0 Å². The van der Waals surface area contributed by atoms with Crippen LogP contribution >= 0.6 is 24.8 Å². The van der Waals surface area contributed by atoms with E-state index in [2.05, 4.69) is 77.5 Å². The molecule has 0 bridgehead atoms. The first-order valence-electron chi connectivity index (χ1n) is 8.36. The second-order valence-corrected chi connectivity index (χ2v) is 6.20. The van der Waals surface area contributed by atoms with Crippen LogP contribution in [0.2, 0.25) is 0 Å². The number of benzene rings is 3. The molecule has 0 spiro atoms. The lowest BCUT2D eigenvalue weighted by Gasteiger charge is -2.34. The molecule has 25 heavy (non-hydrogen) atoms. The number of halogens is 2. The normalized spacial score (nSPS) is 16.0. The summed E-state index contributed by atoms with van der Waals surface area (Å²) in [5, 5.41) is 8.75. The fourth-order valence-electron chi connectivity index (χ4n) is 3.76. The van der Waals surface area contributed by atoms with Crippen LogP contribution in [-0.2, 0) is 0 Å². The summed E-state index contributed by atoms with van der Waals surface area (Å²) in [6.45, 7) is 8.37. The summed E-state index contributed by atoms with van der Waals surface area (Å²) in [4.78, 5) is 2.53. The molecule has 2 nitrogen and oxygen atoms in total. The molecule has 132 valence electrons. The molecule has 1 aliphatic heterocycles. The Morgan fingerprint density at radius 1 is 0.880 bits per heavy atom. The van der Waals surface area contributed by atoms with E-state index in [1.807, 2.05) is 0 Å². The van der Waals surface area contributed by atoms with Crippen molar-refractivity contribution in [2.75, 3.05) is 26.2 Å². The van der Waals surface area contributed by atoms with Crippen molar-refractivity contribution in [3.8, 4) is 0 Å². The van der Waals surface area contributed by atoms with Gasteiger partial charge in [-0.25, -0.2) is 0 Å². The van der Waals surface area contributed by atoms with Crippen LogP contribution < -0.4 is 5.32 Å². The van der Waals surface area contributed by atoms with Crippen LogP contribution in [0.15, 0.2) is 67.3 Å². The lowest BCUT2D eigenvalue weighted by atomic mass is 9.92. The van der Waals surface area contributed by atoms with Crippen molar-refractivity contribution in [3.05, 3.63) is 72.8 Å². The third-order valence-corrected chi connectivity index (χ3v) is 4.89. The first-order chi connectivity index (χ1) is 11.4. The summed E-state index contributed by atoms with van der Waals surface area (Å²) >= 11 is 0. The van der Waals surface area contributed by atoms with E-state index < -0.39 is 0 Å². The van der Waals surface area contributed by atoms with Gasteiger partial charge in [0, 0.05) is 26.2 Å². The summed E-state index contributed by atoms with van der Waals surface area (Å²) < 4.78 is 0. The Hall–Kier alpha value is -1.58. The molecule has 0 radical (unpaired) electrons. The van der Waals surface area contributed by atoms with Gasteiger partial charge in [-0.2, -0.15) is 0 Å².